The normalized spacial score (nSPS) is 14.8. The van der Waals surface area contributed by atoms with Crippen LogP contribution < -0.4 is 0 Å². The number of rotatable bonds is 5. The van der Waals surface area contributed by atoms with Crippen molar-refractivity contribution in [3.8, 4) is 16.8 Å². The van der Waals surface area contributed by atoms with Gasteiger partial charge in [-0.25, -0.2) is 9.98 Å². The van der Waals surface area contributed by atoms with Crippen LogP contribution in [0.4, 0.5) is 0 Å². The number of amidine groups is 2. The van der Waals surface area contributed by atoms with Crippen LogP contribution in [0.1, 0.15) is 22.9 Å². The second kappa shape index (κ2) is 11.7. The monoisotopic (exact) mass is 656 g/mol. The first-order valence-electron chi connectivity index (χ1n) is 17.3. The Kier molecular flexibility index (Phi) is 6.71. The Balaban J connectivity index is 1.15. The van der Waals surface area contributed by atoms with E-state index < -0.39 is 0 Å². The Morgan fingerprint density at radius 3 is 2.08 bits per heavy atom. The van der Waals surface area contributed by atoms with Crippen LogP contribution in [0.5, 0.6) is 0 Å². The van der Waals surface area contributed by atoms with Crippen LogP contribution in [0.15, 0.2) is 184 Å². The summed E-state index contributed by atoms with van der Waals surface area (Å²) >= 11 is 0. The number of hydrogen-bond donors (Lipinski definition) is 0. The SMILES string of the molecule is CN1C(c2ccccc2)=NC(c2cccc(-n3c4ccccc4c4ccc(-c5cccc6c5oc5ccccc56)cc43)c2)=NC1c1ccccc1. The molecule has 1 aliphatic rings. The number of nitrogens with zero attached hydrogens (tertiary/aromatic N) is 4. The molecule has 0 amide bonds. The van der Waals surface area contributed by atoms with Crippen molar-refractivity contribution in [1.29, 1.82) is 0 Å². The van der Waals surface area contributed by atoms with Gasteiger partial charge >= 0.3 is 0 Å². The molecule has 3 heterocycles. The molecule has 0 N–H and O–H groups in total. The summed E-state index contributed by atoms with van der Waals surface area (Å²) in [5.41, 5.74) is 10.4. The molecule has 7 aromatic carbocycles. The molecule has 0 fully saturated rings. The molecule has 2 aromatic heterocycles. The molecule has 0 radical (unpaired) electrons. The van der Waals surface area contributed by atoms with Gasteiger partial charge in [0.15, 0.2) is 5.84 Å². The number of benzene rings is 7. The third-order valence-electron chi connectivity index (χ3n) is 10.0. The van der Waals surface area contributed by atoms with Crippen LogP contribution in [0.25, 0.3) is 60.6 Å². The molecule has 1 unspecified atom stereocenters. The number of hydrogen-bond acceptors (Lipinski definition) is 4. The lowest BCUT2D eigenvalue weighted by atomic mass is 10.0. The number of para-hydroxylation sites is 3. The van der Waals surface area contributed by atoms with Crippen molar-refractivity contribution in [3.05, 3.63) is 187 Å². The molecule has 9 aromatic rings. The summed E-state index contributed by atoms with van der Waals surface area (Å²) < 4.78 is 8.82. The van der Waals surface area contributed by atoms with Crippen molar-refractivity contribution in [2.45, 2.75) is 6.17 Å². The largest absolute Gasteiger partial charge is 0.455 e. The third-order valence-corrected chi connectivity index (χ3v) is 10.0. The average Bonchev–Trinajstić information content (AvgIpc) is 3.74. The molecule has 5 nitrogen and oxygen atoms in total. The van der Waals surface area contributed by atoms with E-state index in [1.807, 2.05) is 24.3 Å². The van der Waals surface area contributed by atoms with Crippen LogP contribution in [0.3, 0.4) is 0 Å². The van der Waals surface area contributed by atoms with E-state index in [-0.39, 0.29) is 6.17 Å². The van der Waals surface area contributed by atoms with Crippen molar-refractivity contribution in [2.24, 2.45) is 9.98 Å². The predicted octanol–water partition coefficient (Wildman–Crippen LogP) is 11.2. The molecule has 1 aliphatic heterocycles. The molecule has 0 bridgehead atoms. The lowest BCUT2D eigenvalue weighted by Crippen LogP contribution is -2.35. The molecule has 5 heteroatoms. The van der Waals surface area contributed by atoms with Gasteiger partial charge in [0.05, 0.1) is 11.0 Å². The van der Waals surface area contributed by atoms with Gasteiger partial charge in [-0.3, -0.25) is 0 Å². The molecule has 0 aliphatic carbocycles. The first kappa shape index (κ1) is 29.2. The lowest BCUT2D eigenvalue weighted by Gasteiger charge is -2.32. The Morgan fingerprint density at radius 2 is 1.22 bits per heavy atom. The van der Waals surface area contributed by atoms with Crippen LogP contribution in [-0.2, 0) is 0 Å². The molecular weight excluding hydrogens is 625 g/mol. The quantitative estimate of drug-likeness (QED) is 0.185. The van der Waals surface area contributed by atoms with Crippen molar-refractivity contribution in [2.75, 3.05) is 7.05 Å². The van der Waals surface area contributed by atoms with Crippen molar-refractivity contribution in [1.82, 2.24) is 9.47 Å². The van der Waals surface area contributed by atoms with Gasteiger partial charge in [0.25, 0.3) is 0 Å². The summed E-state index contributed by atoms with van der Waals surface area (Å²) in [5, 5.41) is 4.66. The fourth-order valence-corrected chi connectivity index (χ4v) is 7.62. The maximum Gasteiger partial charge on any atom is 0.159 e. The van der Waals surface area contributed by atoms with Gasteiger partial charge in [-0.1, -0.05) is 140 Å². The van der Waals surface area contributed by atoms with E-state index in [4.69, 9.17) is 14.4 Å². The Labute approximate surface area is 295 Å². The van der Waals surface area contributed by atoms with E-state index in [0.717, 1.165) is 72.3 Å². The molecule has 242 valence electrons. The summed E-state index contributed by atoms with van der Waals surface area (Å²) in [6, 6.07) is 59.5. The highest BCUT2D eigenvalue weighted by Crippen LogP contribution is 2.39. The van der Waals surface area contributed by atoms with E-state index in [0.29, 0.717) is 5.84 Å². The smallest absolute Gasteiger partial charge is 0.159 e. The van der Waals surface area contributed by atoms with Gasteiger partial charge in [-0.2, -0.15) is 0 Å². The number of aliphatic imine (C=N–C) groups is 2. The van der Waals surface area contributed by atoms with Gasteiger partial charge in [0, 0.05) is 51.0 Å². The van der Waals surface area contributed by atoms with Crippen LogP contribution in [0.2, 0.25) is 0 Å². The molecule has 0 saturated carbocycles. The molecule has 10 rings (SSSR count). The van der Waals surface area contributed by atoms with Crippen molar-refractivity contribution < 1.29 is 4.42 Å². The maximum atomic E-state index is 6.46. The number of aromatic nitrogens is 1. The maximum absolute atomic E-state index is 6.46. The predicted molar refractivity (Wildman–Crippen MR) is 210 cm³/mol. The fraction of sp³-hybridized carbons (Fsp3) is 0.0435. The zero-order chi connectivity index (χ0) is 33.9. The van der Waals surface area contributed by atoms with E-state index >= 15 is 0 Å². The zero-order valence-electron chi connectivity index (χ0n) is 27.9. The highest BCUT2D eigenvalue weighted by molar-refractivity contribution is 6.14. The molecule has 51 heavy (non-hydrogen) atoms. The van der Waals surface area contributed by atoms with Crippen molar-refractivity contribution >= 4 is 55.4 Å². The second-order valence-corrected chi connectivity index (χ2v) is 13.1. The average molecular weight is 657 g/mol. The zero-order valence-corrected chi connectivity index (χ0v) is 27.9. The number of fused-ring (bicyclic) bond motifs is 6. The van der Waals surface area contributed by atoms with Crippen LogP contribution in [-0.4, -0.2) is 28.2 Å². The minimum Gasteiger partial charge on any atom is -0.455 e. The topological polar surface area (TPSA) is 46.0 Å². The summed E-state index contributed by atoms with van der Waals surface area (Å²) in [5.74, 6) is 1.60. The van der Waals surface area contributed by atoms with Crippen LogP contribution >= 0.6 is 0 Å². The van der Waals surface area contributed by atoms with E-state index in [1.165, 1.54) is 10.8 Å². The standard InChI is InChI=1S/C46H32N4O/c1-49-45(30-14-4-2-5-15-30)47-44(48-46(49)31-16-6-3-7-17-31)33-18-12-19-34(28-33)50-40-24-10-8-20-36(40)37-27-26-32(29-41(37)50)35-22-13-23-39-38-21-9-11-25-42(38)51-43(35)39/h2-29,45H,1H3. The Hall–Kier alpha value is -6.72. The summed E-state index contributed by atoms with van der Waals surface area (Å²) in [7, 11) is 2.07. The van der Waals surface area contributed by atoms with E-state index in [9.17, 15) is 0 Å². The van der Waals surface area contributed by atoms with E-state index in [2.05, 4.69) is 162 Å². The van der Waals surface area contributed by atoms with Gasteiger partial charge in [0.2, 0.25) is 0 Å². The highest BCUT2D eigenvalue weighted by Gasteiger charge is 2.27. The van der Waals surface area contributed by atoms with Gasteiger partial charge in [0.1, 0.15) is 23.2 Å². The first-order valence-corrected chi connectivity index (χ1v) is 17.3. The van der Waals surface area contributed by atoms with Crippen LogP contribution in [0, 0.1) is 0 Å². The molecular formula is C46H32N4O. The molecule has 0 saturated heterocycles. The second-order valence-electron chi connectivity index (χ2n) is 13.1. The summed E-state index contributed by atoms with van der Waals surface area (Å²) in [6.45, 7) is 0. The molecule has 1 atom stereocenters. The van der Waals surface area contributed by atoms with Gasteiger partial charge in [-0.05, 0) is 41.5 Å². The van der Waals surface area contributed by atoms with E-state index in [1.54, 1.807) is 0 Å². The van der Waals surface area contributed by atoms with Crippen molar-refractivity contribution in [3.63, 3.8) is 0 Å². The molecule has 0 spiro atoms. The minimum atomic E-state index is -0.214. The Morgan fingerprint density at radius 1 is 0.529 bits per heavy atom. The minimum absolute atomic E-state index is 0.214. The summed E-state index contributed by atoms with van der Waals surface area (Å²) in [6.07, 6.45) is -0.214. The number of furan rings is 1. The lowest BCUT2D eigenvalue weighted by molar-refractivity contribution is 0.383. The van der Waals surface area contributed by atoms with Gasteiger partial charge in [-0.15, -0.1) is 0 Å². The van der Waals surface area contributed by atoms with Gasteiger partial charge < -0.3 is 13.9 Å². The third kappa shape index (κ3) is 4.77. The Bertz CT molecular complexity index is 2830. The fourth-order valence-electron chi connectivity index (χ4n) is 7.62. The first-order chi connectivity index (χ1) is 25.2. The highest BCUT2D eigenvalue weighted by atomic mass is 16.3. The summed E-state index contributed by atoms with van der Waals surface area (Å²) in [4.78, 5) is 12.6.